The minimum absolute atomic E-state index is 0.118. The van der Waals surface area contributed by atoms with Gasteiger partial charge in [-0.3, -0.25) is 19.8 Å². The maximum Gasteiger partial charge on any atom is 0.229 e. The topological polar surface area (TPSA) is 67.7 Å². The molecule has 6 heteroatoms. The van der Waals surface area contributed by atoms with Gasteiger partial charge in [0.25, 0.3) is 0 Å². The highest BCUT2D eigenvalue weighted by atomic mass is 16.6. The number of pyridine rings is 2. The summed E-state index contributed by atoms with van der Waals surface area (Å²) < 4.78 is 6.72. The number of ether oxygens (including phenoxy) is 1. The normalized spacial score (nSPS) is 30.6. The molecule has 1 aromatic carbocycles. The van der Waals surface area contributed by atoms with Gasteiger partial charge in [0.05, 0.1) is 11.4 Å². The molecule has 2 aromatic heterocycles. The quantitative estimate of drug-likeness (QED) is 0.601. The zero-order valence-corrected chi connectivity index (χ0v) is 18.5. The predicted molar refractivity (Wildman–Crippen MR) is 124 cm³/mol. The Labute approximate surface area is 193 Å². The molecule has 2 aliphatic heterocycles. The van der Waals surface area contributed by atoms with Crippen LogP contribution in [0.4, 0.5) is 0 Å². The van der Waals surface area contributed by atoms with Crippen LogP contribution < -0.4 is 0 Å². The Morgan fingerprint density at radius 1 is 1.00 bits per heavy atom. The zero-order chi connectivity index (χ0) is 22.4. The third kappa shape index (κ3) is 3.28. The van der Waals surface area contributed by atoms with Gasteiger partial charge in [0, 0.05) is 37.5 Å². The van der Waals surface area contributed by atoms with Gasteiger partial charge >= 0.3 is 0 Å². The number of amides is 1. The van der Waals surface area contributed by atoms with Crippen LogP contribution in [0.3, 0.4) is 0 Å². The van der Waals surface area contributed by atoms with Crippen LogP contribution in [0.5, 0.6) is 0 Å². The predicted octanol–water partition coefficient (Wildman–Crippen LogP) is 4.52. The first-order chi connectivity index (χ1) is 16.2. The Morgan fingerprint density at radius 2 is 1.79 bits per heavy atom. The fraction of sp³-hybridized carbons (Fsp3) is 0.333. The molecule has 1 amide bonds. The van der Waals surface area contributed by atoms with Crippen LogP contribution in [0.1, 0.15) is 48.7 Å². The summed E-state index contributed by atoms with van der Waals surface area (Å²) in [4.78, 5) is 29.5. The molecule has 1 aliphatic carbocycles. The highest BCUT2D eigenvalue weighted by molar-refractivity contribution is 6.01. The van der Waals surface area contributed by atoms with Crippen molar-refractivity contribution in [2.24, 2.45) is 16.8 Å². The summed E-state index contributed by atoms with van der Waals surface area (Å²) in [5.41, 5.74) is 3.20. The molecule has 1 saturated heterocycles. The summed E-state index contributed by atoms with van der Waals surface area (Å²) in [6, 6.07) is 20.2. The van der Waals surface area contributed by atoms with Gasteiger partial charge in [0.15, 0.2) is 12.0 Å². The monoisotopic (exact) mass is 438 g/mol. The second kappa shape index (κ2) is 7.89. The van der Waals surface area contributed by atoms with Crippen molar-refractivity contribution in [3.63, 3.8) is 0 Å². The molecule has 0 unspecified atom stereocenters. The minimum Gasteiger partial charge on any atom is -0.319 e. The Kier molecular flexibility index (Phi) is 4.84. The molecule has 1 spiro atoms. The summed E-state index contributed by atoms with van der Waals surface area (Å²) in [5.74, 6) is 0.431. The smallest absolute Gasteiger partial charge is 0.229 e. The first-order valence-corrected chi connectivity index (χ1v) is 11.6. The van der Waals surface area contributed by atoms with Crippen LogP contribution in [0.15, 0.2) is 84.2 Å². The molecule has 4 heterocycles. The largest absolute Gasteiger partial charge is 0.319 e. The number of carbonyl (C=O) groups is 1. The molecule has 6 rings (SSSR count). The van der Waals surface area contributed by atoms with Gasteiger partial charge in [-0.1, -0.05) is 43.3 Å². The number of carbonyl (C=O) groups excluding carboxylic acids is 1. The van der Waals surface area contributed by atoms with E-state index in [0.29, 0.717) is 13.0 Å². The number of aromatic nitrogens is 2. The summed E-state index contributed by atoms with van der Waals surface area (Å²) in [5, 5.41) is 0. The second-order valence-electron chi connectivity index (χ2n) is 9.26. The third-order valence-electron chi connectivity index (χ3n) is 7.49. The maximum atomic E-state index is 13.9. The van der Waals surface area contributed by atoms with Crippen molar-refractivity contribution < 1.29 is 9.53 Å². The molecule has 166 valence electrons. The van der Waals surface area contributed by atoms with Crippen molar-refractivity contribution in [3.8, 4) is 0 Å². The van der Waals surface area contributed by atoms with E-state index in [2.05, 4.69) is 41.2 Å². The molecule has 5 atom stereocenters. The summed E-state index contributed by atoms with van der Waals surface area (Å²) in [6.45, 7) is 2.69. The van der Waals surface area contributed by atoms with E-state index in [9.17, 15) is 4.79 Å². The maximum absolute atomic E-state index is 13.9. The third-order valence-corrected chi connectivity index (χ3v) is 7.49. The van der Waals surface area contributed by atoms with E-state index < -0.39 is 12.0 Å². The van der Waals surface area contributed by atoms with Gasteiger partial charge in [-0.05, 0) is 53.6 Å². The molecular formula is C27H26N4O2. The van der Waals surface area contributed by atoms with Crippen molar-refractivity contribution in [3.05, 3.63) is 96.1 Å². The lowest BCUT2D eigenvalue weighted by atomic mass is 9.78. The highest BCUT2D eigenvalue weighted by Crippen LogP contribution is 2.54. The van der Waals surface area contributed by atoms with Gasteiger partial charge in [0.1, 0.15) is 0 Å². The highest BCUT2D eigenvalue weighted by Gasteiger charge is 2.62. The van der Waals surface area contributed by atoms with Gasteiger partial charge in [-0.25, -0.2) is 0 Å². The Hall–Kier alpha value is -3.38. The van der Waals surface area contributed by atoms with Crippen LogP contribution in [-0.2, 0) is 16.1 Å². The van der Waals surface area contributed by atoms with Crippen LogP contribution in [0.25, 0.3) is 0 Å². The lowest BCUT2D eigenvalue weighted by molar-refractivity contribution is -0.151. The minimum atomic E-state index is -0.828. The first kappa shape index (κ1) is 20.2. The summed E-state index contributed by atoms with van der Waals surface area (Å²) >= 11 is 0. The van der Waals surface area contributed by atoms with Gasteiger partial charge in [-0.15, -0.1) is 0 Å². The van der Waals surface area contributed by atoms with Crippen molar-refractivity contribution >= 4 is 11.6 Å². The van der Waals surface area contributed by atoms with Crippen LogP contribution >= 0.6 is 0 Å². The van der Waals surface area contributed by atoms with Crippen molar-refractivity contribution in [2.75, 3.05) is 0 Å². The molecule has 1 saturated carbocycles. The number of hydrogen-bond donors (Lipinski definition) is 0. The molecule has 33 heavy (non-hydrogen) atoms. The standard InChI is InChI=1S/C27H26N4O2/c1-18-21(20-7-3-2-4-8-20)15-24-27(33-25(30-24)23-9-5-6-12-29-23)16-22(18)26(32)31(27)17-19-10-13-28-14-11-19/h2-14,18,21-22,25H,15-17H2,1H3/t18-,21+,22+,25-,27+/m1/s1. The van der Waals surface area contributed by atoms with Gasteiger partial charge in [-0.2, -0.15) is 0 Å². The zero-order valence-electron chi connectivity index (χ0n) is 18.5. The molecule has 6 nitrogen and oxygen atoms in total. The average molecular weight is 439 g/mol. The van der Waals surface area contributed by atoms with Crippen LogP contribution in [0, 0.1) is 11.8 Å². The fourth-order valence-corrected chi connectivity index (χ4v) is 5.72. The number of aliphatic imine (C=N–C) groups is 1. The number of rotatable bonds is 4. The van der Waals surface area contributed by atoms with E-state index in [1.54, 1.807) is 18.6 Å². The molecule has 0 N–H and O–H groups in total. The Morgan fingerprint density at radius 3 is 2.55 bits per heavy atom. The van der Waals surface area contributed by atoms with Gasteiger partial charge < -0.3 is 9.64 Å². The van der Waals surface area contributed by atoms with E-state index in [1.807, 2.05) is 41.3 Å². The van der Waals surface area contributed by atoms with Crippen LogP contribution in [-0.4, -0.2) is 32.2 Å². The number of hydrogen-bond acceptors (Lipinski definition) is 5. The SMILES string of the molecule is C[C@H]1[C@@H]2C[C@@]3(O[C@H](c4ccccn4)N=C3C[C@@H]1c1ccccc1)N(Cc1ccncc1)C2=O. The Balaban J connectivity index is 1.44. The fourth-order valence-electron chi connectivity index (χ4n) is 5.72. The van der Waals surface area contributed by atoms with E-state index >= 15 is 0 Å². The van der Waals surface area contributed by atoms with Crippen molar-refractivity contribution in [1.29, 1.82) is 0 Å². The molecule has 2 fully saturated rings. The first-order valence-electron chi connectivity index (χ1n) is 11.6. The van der Waals surface area contributed by atoms with Crippen molar-refractivity contribution in [2.45, 2.75) is 44.2 Å². The lowest BCUT2D eigenvalue weighted by Crippen LogP contribution is -2.52. The van der Waals surface area contributed by atoms with Crippen LogP contribution in [0.2, 0.25) is 0 Å². The molecule has 3 aliphatic rings. The molecule has 2 bridgehead atoms. The molecule has 3 aromatic rings. The number of fused-ring (bicyclic) bond motifs is 1. The average Bonchev–Trinajstić information content (AvgIpc) is 3.32. The summed E-state index contributed by atoms with van der Waals surface area (Å²) in [7, 11) is 0. The second-order valence-corrected chi connectivity index (χ2v) is 9.26. The molecular weight excluding hydrogens is 412 g/mol. The summed E-state index contributed by atoms with van der Waals surface area (Å²) in [6.07, 6.45) is 6.19. The van der Waals surface area contributed by atoms with E-state index in [-0.39, 0.29) is 23.7 Å². The van der Waals surface area contributed by atoms with Gasteiger partial charge in [0.2, 0.25) is 5.91 Å². The number of likely N-dealkylation sites (tertiary alicyclic amines) is 1. The molecule has 0 radical (unpaired) electrons. The van der Waals surface area contributed by atoms with E-state index in [0.717, 1.165) is 23.4 Å². The Bertz CT molecular complexity index is 1180. The van der Waals surface area contributed by atoms with Crippen molar-refractivity contribution in [1.82, 2.24) is 14.9 Å². The van der Waals surface area contributed by atoms with E-state index in [4.69, 9.17) is 9.73 Å². The van der Waals surface area contributed by atoms with E-state index in [1.165, 1.54) is 5.56 Å². The number of benzene rings is 1. The lowest BCUT2D eigenvalue weighted by Gasteiger charge is -2.37. The number of nitrogens with zero attached hydrogens (tertiary/aromatic N) is 4.